The Kier molecular flexibility index (Phi) is 11.1. The van der Waals surface area contributed by atoms with Gasteiger partial charge in [0.1, 0.15) is 5.76 Å². The van der Waals surface area contributed by atoms with Crippen molar-refractivity contribution in [1.29, 1.82) is 0 Å². The van der Waals surface area contributed by atoms with Crippen LogP contribution >= 0.6 is 24.0 Å². The Morgan fingerprint density at radius 2 is 2.17 bits per heavy atom. The number of furan rings is 1. The molecule has 1 aromatic heterocycles. The largest absolute Gasteiger partial charge is 0.469 e. The molecule has 0 amide bonds. The normalized spacial score (nSPS) is 16.1. The van der Waals surface area contributed by atoms with E-state index in [9.17, 15) is 0 Å². The number of nitrogens with one attached hydrogen (secondary N) is 1. The lowest BCUT2D eigenvalue weighted by atomic mass is 10.1. The molecule has 0 atom stereocenters. The van der Waals surface area contributed by atoms with Gasteiger partial charge >= 0.3 is 0 Å². The molecule has 1 aromatic rings. The van der Waals surface area contributed by atoms with Crippen molar-refractivity contribution in [1.82, 2.24) is 10.2 Å². The maximum Gasteiger partial charge on any atom is 0.193 e. The third kappa shape index (κ3) is 7.40. The molecule has 0 radical (unpaired) electrons. The zero-order chi connectivity index (χ0) is 16.3. The van der Waals surface area contributed by atoms with Crippen LogP contribution in [0.1, 0.15) is 25.0 Å². The molecule has 6 nitrogen and oxygen atoms in total. The van der Waals surface area contributed by atoms with Crippen LogP contribution in [0.5, 0.6) is 0 Å². The Hall–Kier alpha value is -0.800. The summed E-state index contributed by atoms with van der Waals surface area (Å²) in [5.41, 5.74) is 0. The van der Waals surface area contributed by atoms with E-state index in [0.717, 1.165) is 70.3 Å². The fourth-order valence-electron chi connectivity index (χ4n) is 2.77. The van der Waals surface area contributed by atoms with Crippen LogP contribution in [-0.4, -0.2) is 64.0 Å². The molecular weight excluding hydrogens is 421 g/mol. The van der Waals surface area contributed by atoms with E-state index >= 15 is 0 Å². The van der Waals surface area contributed by atoms with Crippen LogP contribution in [0.25, 0.3) is 0 Å². The van der Waals surface area contributed by atoms with Gasteiger partial charge in [0.2, 0.25) is 0 Å². The van der Waals surface area contributed by atoms with Crippen molar-refractivity contribution < 1.29 is 13.9 Å². The minimum Gasteiger partial charge on any atom is -0.469 e. The number of nitrogens with zero attached hydrogens (tertiary/aromatic N) is 2. The molecule has 24 heavy (non-hydrogen) atoms. The lowest BCUT2D eigenvalue weighted by Gasteiger charge is -2.34. The molecule has 0 spiro atoms. The van der Waals surface area contributed by atoms with E-state index in [1.54, 1.807) is 13.4 Å². The Balaban J connectivity index is 0.00000288. The summed E-state index contributed by atoms with van der Waals surface area (Å²) in [4.78, 5) is 6.69. The number of hydrogen-bond donors (Lipinski definition) is 1. The summed E-state index contributed by atoms with van der Waals surface area (Å²) < 4.78 is 16.3. The van der Waals surface area contributed by atoms with E-state index in [1.165, 1.54) is 0 Å². The fraction of sp³-hybridized carbons (Fsp3) is 0.706. The second kappa shape index (κ2) is 12.5. The second-order valence-corrected chi connectivity index (χ2v) is 5.71. The molecule has 2 heterocycles. The number of halogens is 1. The number of ether oxygens (including phenoxy) is 2. The quantitative estimate of drug-likeness (QED) is 0.285. The van der Waals surface area contributed by atoms with Gasteiger partial charge in [-0.1, -0.05) is 0 Å². The van der Waals surface area contributed by atoms with Gasteiger partial charge in [0, 0.05) is 53.4 Å². The number of aliphatic imine (C=N–C) groups is 1. The topological polar surface area (TPSA) is 59.2 Å². The van der Waals surface area contributed by atoms with Crippen LogP contribution in [0.4, 0.5) is 0 Å². The highest BCUT2D eigenvalue weighted by Crippen LogP contribution is 2.14. The highest BCUT2D eigenvalue weighted by atomic mass is 127. The minimum absolute atomic E-state index is 0. The van der Waals surface area contributed by atoms with Gasteiger partial charge in [0.15, 0.2) is 5.96 Å². The van der Waals surface area contributed by atoms with Crippen LogP contribution in [0.2, 0.25) is 0 Å². The van der Waals surface area contributed by atoms with Gasteiger partial charge in [0.05, 0.1) is 12.4 Å². The summed E-state index contributed by atoms with van der Waals surface area (Å²) in [5, 5.41) is 3.41. The Bertz CT molecular complexity index is 446. The van der Waals surface area contributed by atoms with E-state index in [4.69, 9.17) is 13.9 Å². The van der Waals surface area contributed by atoms with E-state index in [2.05, 4.69) is 15.2 Å². The lowest BCUT2D eigenvalue weighted by Crippen LogP contribution is -2.47. The van der Waals surface area contributed by atoms with Crippen molar-refractivity contribution in [3.05, 3.63) is 24.2 Å². The number of rotatable bonds is 8. The summed E-state index contributed by atoms with van der Waals surface area (Å²) in [7, 11) is 3.56. The molecule has 2 rings (SSSR count). The molecule has 1 N–H and O–H groups in total. The van der Waals surface area contributed by atoms with Crippen molar-refractivity contribution in [2.24, 2.45) is 4.99 Å². The maximum absolute atomic E-state index is 5.90. The molecule has 1 aliphatic rings. The first-order valence-electron chi connectivity index (χ1n) is 8.42. The second-order valence-electron chi connectivity index (χ2n) is 5.71. The number of hydrogen-bond acceptors (Lipinski definition) is 4. The van der Waals surface area contributed by atoms with E-state index in [-0.39, 0.29) is 24.0 Å². The number of likely N-dealkylation sites (tertiary alicyclic amines) is 1. The Morgan fingerprint density at radius 3 is 2.79 bits per heavy atom. The molecule has 138 valence electrons. The summed E-state index contributed by atoms with van der Waals surface area (Å²) in [6.45, 7) is 4.35. The first-order valence-corrected chi connectivity index (χ1v) is 8.42. The van der Waals surface area contributed by atoms with E-state index in [0.29, 0.717) is 6.10 Å². The van der Waals surface area contributed by atoms with Crippen LogP contribution in [0.3, 0.4) is 0 Å². The van der Waals surface area contributed by atoms with Crippen LogP contribution in [0, 0.1) is 0 Å². The van der Waals surface area contributed by atoms with Gasteiger partial charge in [-0.3, -0.25) is 4.99 Å². The molecule has 1 fully saturated rings. The van der Waals surface area contributed by atoms with Crippen LogP contribution < -0.4 is 5.32 Å². The van der Waals surface area contributed by atoms with Gasteiger partial charge in [-0.05, 0) is 31.4 Å². The number of piperidine rings is 1. The summed E-state index contributed by atoms with van der Waals surface area (Å²) in [6, 6.07) is 3.92. The maximum atomic E-state index is 5.90. The Labute approximate surface area is 162 Å². The Morgan fingerprint density at radius 1 is 1.38 bits per heavy atom. The molecule has 0 saturated carbocycles. The van der Waals surface area contributed by atoms with Crippen molar-refractivity contribution >= 4 is 29.9 Å². The van der Waals surface area contributed by atoms with Crippen molar-refractivity contribution in [2.45, 2.75) is 31.8 Å². The number of guanidine groups is 1. The van der Waals surface area contributed by atoms with Gasteiger partial charge in [0.25, 0.3) is 0 Å². The molecule has 7 heteroatoms. The summed E-state index contributed by atoms with van der Waals surface area (Å²) in [6.07, 6.45) is 6.00. The third-order valence-electron chi connectivity index (χ3n) is 4.03. The predicted octanol–water partition coefficient (Wildman–Crippen LogP) is 2.53. The van der Waals surface area contributed by atoms with Crippen molar-refractivity contribution in [3.8, 4) is 0 Å². The minimum atomic E-state index is 0. The molecule has 0 bridgehead atoms. The monoisotopic (exact) mass is 451 g/mol. The van der Waals surface area contributed by atoms with Gasteiger partial charge in [-0.25, -0.2) is 0 Å². The van der Waals surface area contributed by atoms with E-state index in [1.807, 2.05) is 19.2 Å². The van der Waals surface area contributed by atoms with Crippen LogP contribution in [0.15, 0.2) is 27.8 Å². The summed E-state index contributed by atoms with van der Waals surface area (Å²) >= 11 is 0. The predicted molar refractivity (Wildman–Crippen MR) is 106 cm³/mol. The highest BCUT2D eigenvalue weighted by Gasteiger charge is 2.21. The van der Waals surface area contributed by atoms with Crippen molar-refractivity contribution in [3.63, 3.8) is 0 Å². The molecule has 0 aliphatic carbocycles. The smallest absolute Gasteiger partial charge is 0.193 e. The molecule has 1 aliphatic heterocycles. The number of methoxy groups -OCH3 is 1. The molecule has 0 unspecified atom stereocenters. The standard InChI is InChI=1S/C17H29N3O3.HI/c1-18-17(19-9-6-15-5-3-13-22-15)20-10-7-16(8-11-20)23-14-4-12-21-2;/h3,5,13,16H,4,6-12,14H2,1-2H3,(H,18,19);1H. The lowest BCUT2D eigenvalue weighted by molar-refractivity contribution is 0.00991. The third-order valence-corrected chi connectivity index (χ3v) is 4.03. The van der Waals surface area contributed by atoms with Crippen molar-refractivity contribution in [2.75, 3.05) is 47.0 Å². The SMILES string of the molecule is CN=C(NCCc1ccco1)N1CCC(OCCCOC)CC1.I. The zero-order valence-electron chi connectivity index (χ0n) is 14.7. The molecule has 0 aromatic carbocycles. The zero-order valence-corrected chi connectivity index (χ0v) is 17.0. The van der Waals surface area contributed by atoms with E-state index < -0.39 is 0 Å². The van der Waals surface area contributed by atoms with Gasteiger partial charge in [-0.15, -0.1) is 24.0 Å². The average molecular weight is 451 g/mol. The molecule has 1 saturated heterocycles. The van der Waals surface area contributed by atoms with Crippen LogP contribution in [-0.2, 0) is 15.9 Å². The summed E-state index contributed by atoms with van der Waals surface area (Å²) in [5.74, 6) is 1.96. The first kappa shape index (κ1) is 21.2. The van der Waals surface area contributed by atoms with Gasteiger partial charge in [-0.2, -0.15) is 0 Å². The van der Waals surface area contributed by atoms with Gasteiger partial charge < -0.3 is 24.1 Å². The first-order chi connectivity index (χ1) is 11.3. The fourth-order valence-corrected chi connectivity index (χ4v) is 2.77. The highest BCUT2D eigenvalue weighted by molar-refractivity contribution is 14.0. The molecular formula is C17H30IN3O3. The average Bonchev–Trinajstić information content (AvgIpc) is 3.10.